The van der Waals surface area contributed by atoms with Gasteiger partial charge in [-0.3, -0.25) is 19.2 Å². The van der Waals surface area contributed by atoms with Gasteiger partial charge in [-0.2, -0.15) is 0 Å². The summed E-state index contributed by atoms with van der Waals surface area (Å²) in [6, 6.07) is 0. The van der Waals surface area contributed by atoms with Gasteiger partial charge < -0.3 is 9.47 Å². The second kappa shape index (κ2) is 3.37. The number of carbonyl (C=O) groups is 4. The third-order valence-electron chi connectivity index (χ3n) is 5.43. The maximum atomic E-state index is 11.9. The zero-order chi connectivity index (χ0) is 14.3. The van der Waals surface area contributed by atoms with E-state index in [-0.39, 0.29) is 0 Å². The predicted molar refractivity (Wildman–Crippen MR) is 61.5 cm³/mol. The quantitative estimate of drug-likeness (QED) is 0.357. The third-order valence-corrected chi connectivity index (χ3v) is 5.43. The van der Waals surface area contributed by atoms with E-state index in [1.54, 1.807) is 0 Å². The lowest BCUT2D eigenvalue weighted by molar-refractivity contribution is -0.154. The van der Waals surface area contributed by atoms with Crippen molar-refractivity contribution in [3.8, 4) is 0 Å². The fourth-order valence-corrected chi connectivity index (χ4v) is 4.59. The van der Waals surface area contributed by atoms with E-state index in [0.29, 0.717) is 0 Å². The van der Waals surface area contributed by atoms with Crippen LogP contribution in [0.2, 0.25) is 0 Å². The highest BCUT2D eigenvalue weighted by Gasteiger charge is 2.70. The first-order chi connectivity index (χ1) is 9.43. The number of carbonyl (C=O) groups excluding carboxylic acids is 4. The standard InChI is InChI=1S/C14H12O6/c1-3-4(2)6-9-7(11(15)19-13(9)17)5(3)8-10(6)14(18)20-12(8)16/h5-10H,1-2H3. The monoisotopic (exact) mass is 276 g/mol. The van der Waals surface area contributed by atoms with Gasteiger partial charge in [-0.05, 0) is 13.8 Å². The topological polar surface area (TPSA) is 86.7 Å². The molecule has 3 aliphatic carbocycles. The molecular weight excluding hydrogens is 264 g/mol. The molecule has 20 heavy (non-hydrogen) atoms. The van der Waals surface area contributed by atoms with Crippen molar-refractivity contribution in [3.05, 3.63) is 11.1 Å². The van der Waals surface area contributed by atoms with Gasteiger partial charge in [0.1, 0.15) is 0 Å². The van der Waals surface area contributed by atoms with Crippen LogP contribution < -0.4 is 0 Å². The Balaban J connectivity index is 1.96. The molecule has 6 heteroatoms. The van der Waals surface area contributed by atoms with Gasteiger partial charge in [-0.15, -0.1) is 0 Å². The van der Waals surface area contributed by atoms with E-state index >= 15 is 0 Å². The van der Waals surface area contributed by atoms with Gasteiger partial charge in [0.15, 0.2) is 0 Å². The summed E-state index contributed by atoms with van der Waals surface area (Å²) in [5.74, 6) is -5.78. The molecule has 0 N–H and O–H groups in total. The zero-order valence-electron chi connectivity index (χ0n) is 10.9. The van der Waals surface area contributed by atoms with Crippen molar-refractivity contribution in [3.63, 3.8) is 0 Å². The minimum Gasteiger partial charge on any atom is -0.393 e. The summed E-state index contributed by atoms with van der Waals surface area (Å²) < 4.78 is 9.51. The number of esters is 4. The zero-order valence-corrected chi connectivity index (χ0v) is 10.9. The molecule has 3 fully saturated rings. The fourth-order valence-electron chi connectivity index (χ4n) is 4.59. The van der Waals surface area contributed by atoms with Crippen LogP contribution in [-0.4, -0.2) is 23.9 Å². The van der Waals surface area contributed by atoms with E-state index in [4.69, 9.17) is 9.47 Å². The molecule has 104 valence electrons. The van der Waals surface area contributed by atoms with Crippen LogP contribution in [0, 0.1) is 35.5 Å². The molecule has 4 atom stereocenters. The van der Waals surface area contributed by atoms with E-state index in [0.717, 1.165) is 11.1 Å². The Labute approximate surface area is 114 Å². The second-order valence-electron chi connectivity index (χ2n) is 6.00. The minimum atomic E-state index is -0.643. The van der Waals surface area contributed by atoms with Gasteiger partial charge in [0, 0.05) is 11.8 Å². The average molecular weight is 276 g/mol. The Hall–Kier alpha value is -1.98. The van der Waals surface area contributed by atoms with Gasteiger partial charge in [0.05, 0.1) is 23.7 Å². The van der Waals surface area contributed by atoms with Crippen LogP contribution in [0.3, 0.4) is 0 Å². The molecule has 4 unspecified atom stereocenters. The lowest BCUT2D eigenvalue weighted by Gasteiger charge is -2.48. The fraction of sp³-hybridized carbons (Fsp3) is 0.571. The maximum absolute atomic E-state index is 11.9. The smallest absolute Gasteiger partial charge is 0.318 e. The summed E-state index contributed by atoms with van der Waals surface area (Å²) in [4.78, 5) is 47.7. The van der Waals surface area contributed by atoms with Gasteiger partial charge in [0.25, 0.3) is 0 Å². The highest BCUT2D eigenvalue weighted by atomic mass is 16.6. The van der Waals surface area contributed by atoms with Crippen LogP contribution in [0.5, 0.6) is 0 Å². The van der Waals surface area contributed by atoms with Gasteiger partial charge >= 0.3 is 23.9 Å². The van der Waals surface area contributed by atoms with Crippen LogP contribution in [0.1, 0.15) is 13.8 Å². The summed E-state index contributed by atoms with van der Waals surface area (Å²) >= 11 is 0. The van der Waals surface area contributed by atoms with Crippen LogP contribution in [0.25, 0.3) is 0 Å². The maximum Gasteiger partial charge on any atom is 0.318 e. The van der Waals surface area contributed by atoms with E-state index < -0.39 is 59.4 Å². The van der Waals surface area contributed by atoms with Crippen molar-refractivity contribution >= 4 is 23.9 Å². The van der Waals surface area contributed by atoms with E-state index in [2.05, 4.69) is 0 Å². The number of cyclic esters (lactones) is 4. The molecule has 0 radical (unpaired) electrons. The number of hydrogen-bond donors (Lipinski definition) is 0. The highest BCUT2D eigenvalue weighted by molar-refractivity contribution is 6.03. The molecular formula is C14H12O6. The van der Waals surface area contributed by atoms with E-state index in [1.165, 1.54) is 0 Å². The largest absolute Gasteiger partial charge is 0.393 e. The highest BCUT2D eigenvalue weighted by Crippen LogP contribution is 2.61. The van der Waals surface area contributed by atoms with E-state index in [9.17, 15) is 19.2 Å². The minimum absolute atomic E-state index is 0.451. The normalized spacial score (nSPS) is 45.5. The second-order valence-corrected chi connectivity index (χ2v) is 6.00. The Morgan fingerprint density at radius 2 is 0.800 bits per heavy atom. The Bertz CT molecular complexity index is 536. The Morgan fingerprint density at radius 1 is 0.550 bits per heavy atom. The lowest BCUT2D eigenvalue weighted by atomic mass is 9.50. The average Bonchev–Trinajstić information content (AvgIpc) is 2.84. The van der Waals surface area contributed by atoms with Crippen molar-refractivity contribution in [2.24, 2.45) is 35.5 Å². The van der Waals surface area contributed by atoms with Crippen molar-refractivity contribution in [1.29, 1.82) is 0 Å². The molecule has 0 aromatic carbocycles. The molecule has 2 saturated heterocycles. The molecule has 5 rings (SSSR count). The number of hydrogen-bond acceptors (Lipinski definition) is 6. The Kier molecular flexibility index (Phi) is 1.99. The Morgan fingerprint density at radius 3 is 1.05 bits per heavy atom. The van der Waals surface area contributed by atoms with Crippen molar-refractivity contribution in [1.82, 2.24) is 0 Å². The first kappa shape index (κ1) is 11.8. The SMILES string of the molecule is CC1=C(C)C2C3C(=O)OC(=O)C3C1C1C(=O)OC(=O)C12. The summed E-state index contributed by atoms with van der Waals surface area (Å²) in [5, 5.41) is 0. The van der Waals surface area contributed by atoms with Gasteiger partial charge in [-0.1, -0.05) is 11.1 Å². The molecule has 2 aliphatic heterocycles. The predicted octanol–water partition coefficient (Wildman–Crippen LogP) is 0.214. The number of allylic oxidation sites excluding steroid dienone is 2. The van der Waals surface area contributed by atoms with Crippen LogP contribution in [0.4, 0.5) is 0 Å². The van der Waals surface area contributed by atoms with E-state index in [1.807, 2.05) is 13.8 Å². The summed E-state index contributed by atoms with van der Waals surface area (Å²) in [5.41, 5.74) is 1.83. The van der Waals surface area contributed by atoms with Gasteiger partial charge in [-0.25, -0.2) is 0 Å². The van der Waals surface area contributed by atoms with Crippen LogP contribution in [0.15, 0.2) is 11.1 Å². The molecule has 0 aromatic rings. The molecule has 2 bridgehead atoms. The first-order valence-corrected chi connectivity index (χ1v) is 6.62. The molecule has 0 spiro atoms. The van der Waals surface area contributed by atoms with Crippen molar-refractivity contribution in [2.75, 3.05) is 0 Å². The molecule has 2 heterocycles. The van der Waals surface area contributed by atoms with Crippen molar-refractivity contribution < 1.29 is 28.7 Å². The lowest BCUT2D eigenvalue weighted by Crippen LogP contribution is -2.53. The van der Waals surface area contributed by atoms with Crippen molar-refractivity contribution in [2.45, 2.75) is 13.8 Å². The number of rotatable bonds is 0. The third kappa shape index (κ3) is 1.07. The molecule has 0 aromatic heterocycles. The molecule has 1 saturated carbocycles. The molecule has 5 aliphatic rings. The summed E-state index contributed by atoms with van der Waals surface area (Å²) in [6.45, 7) is 3.71. The molecule has 6 nitrogen and oxygen atoms in total. The molecule has 0 amide bonds. The van der Waals surface area contributed by atoms with Crippen LogP contribution >= 0.6 is 0 Å². The summed E-state index contributed by atoms with van der Waals surface area (Å²) in [7, 11) is 0. The van der Waals surface area contributed by atoms with Crippen LogP contribution in [-0.2, 0) is 28.7 Å². The first-order valence-electron chi connectivity index (χ1n) is 6.62. The number of ether oxygens (including phenoxy) is 2. The van der Waals surface area contributed by atoms with Gasteiger partial charge in [0.2, 0.25) is 0 Å². The summed E-state index contributed by atoms with van der Waals surface area (Å²) in [6.07, 6.45) is 0.